The summed E-state index contributed by atoms with van der Waals surface area (Å²) in [5, 5.41) is 0. The van der Waals surface area contributed by atoms with Gasteiger partial charge in [-0.15, -0.1) is 0 Å². The minimum Gasteiger partial charge on any atom is -0.457 e. The van der Waals surface area contributed by atoms with Crippen molar-refractivity contribution < 1.29 is 22.4 Å². The second kappa shape index (κ2) is 9.52. The number of nitrogens with zero attached hydrogens (tertiary/aromatic N) is 1. The smallest absolute Gasteiger partial charge is 0.240 e. The van der Waals surface area contributed by atoms with Gasteiger partial charge in [-0.1, -0.05) is 0 Å². The zero-order chi connectivity index (χ0) is 22.6. The lowest BCUT2D eigenvalue weighted by atomic mass is 10.1. The van der Waals surface area contributed by atoms with Crippen LogP contribution in [0.4, 0.5) is 5.69 Å². The van der Waals surface area contributed by atoms with E-state index in [1.165, 1.54) is 25.3 Å². The number of carbonyl (C=O) groups excluding carboxylic acids is 1. The van der Waals surface area contributed by atoms with Crippen LogP contribution in [0.1, 0.15) is 16.1 Å². The fourth-order valence-corrected chi connectivity index (χ4v) is 4.16. The van der Waals surface area contributed by atoms with Gasteiger partial charge in [0.05, 0.1) is 18.1 Å². The molecule has 0 saturated carbocycles. The number of rotatable bonds is 7. The van der Waals surface area contributed by atoms with Crippen molar-refractivity contribution >= 4 is 27.6 Å². The maximum atomic E-state index is 12.5. The van der Waals surface area contributed by atoms with Gasteiger partial charge in [0.2, 0.25) is 10.0 Å². The summed E-state index contributed by atoms with van der Waals surface area (Å²) in [6.07, 6.45) is 3.11. The maximum Gasteiger partial charge on any atom is 0.240 e. The molecule has 2 aromatic carbocycles. The summed E-state index contributed by atoms with van der Waals surface area (Å²) in [5.74, 6) is 1.00. The van der Waals surface area contributed by atoms with E-state index in [2.05, 4.69) is 9.62 Å². The number of ketones is 1. The molecule has 1 fully saturated rings. The summed E-state index contributed by atoms with van der Waals surface area (Å²) in [4.78, 5) is 14.9. The van der Waals surface area contributed by atoms with Gasteiger partial charge in [-0.2, -0.15) is 0 Å². The standard InChI is InChI=1S/C24H24N2O5S/c1-25-32(28,29)22-10-4-19(5-11-22)24-13-9-21(31-24)8-12-23(27)18-2-6-20(7-3-18)26-14-16-30-17-15-26/h2-13,25H,14-17H2,1H3. The number of hydrogen-bond donors (Lipinski definition) is 1. The minimum atomic E-state index is -3.48. The Morgan fingerprint density at radius 2 is 1.66 bits per heavy atom. The van der Waals surface area contributed by atoms with Gasteiger partial charge in [-0.25, -0.2) is 13.1 Å². The summed E-state index contributed by atoms with van der Waals surface area (Å²) in [7, 11) is -2.11. The monoisotopic (exact) mass is 452 g/mol. The quantitative estimate of drug-likeness (QED) is 0.435. The molecular formula is C24H24N2O5S. The predicted molar refractivity (Wildman–Crippen MR) is 123 cm³/mol. The highest BCUT2D eigenvalue weighted by atomic mass is 32.2. The van der Waals surface area contributed by atoms with Gasteiger partial charge in [0, 0.05) is 29.9 Å². The molecule has 0 spiro atoms. The average molecular weight is 453 g/mol. The Morgan fingerprint density at radius 1 is 0.969 bits per heavy atom. The van der Waals surface area contributed by atoms with Gasteiger partial charge in [0.15, 0.2) is 5.78 Å². The van der Waals surface area contributed by atoms with Crippen LogP contribution in [0, 0.1) is 0 Å². The van der Waals surface area contributed by atoms with Gasteiger partial charge < -0.3 is 14.1 Å². The van der Waals surface area contributed by atoms with Crippen LogP contribution in [0.25, 0.3) is 17.4 Å². The number of anilines is 1. The molecule has 166 valence electrons. The molecule has 32 heavy (non-hydrogen) atoms. The van der Waals surface area contributed by atoms with E-state index >= 15 is 0 Å². The van der Waals surface area contributed by atoms with E-state index in [1.807, 2.05) is 24.3 Å². The van der Waals surface area contributed by atoms with Crippen molar-refractivity contribution in [1.29, 1.82) is 0 Å². The molecule has 0 radical (unpaired) electrons. The van der Waals surface area contributed by atoms with Crippen LogP contribution in [-0.2, 0) is 14.8 Å². The molecule has 2 heterocycles. The third-order valence-electron chi connectivity index (χ3n) is 5.27. The summed E-state index contributed by atoms with van der Waals surface area (Å²) < 4.78 is 37.1. The van der Waals surface area contributed by atoms with Crippen LogP contribution in [0.15, 0.2) is 76.1 Å². The first kappa shape index (κ1) is 22.0. The molecule has 3 aromatic rings. The number of carbonyl (C=O) groups is 1. The number of ether oxygens (including phenoxy) is 1. The van der Waals surface area contributed by atoms with Crippen molar-refractivity contribution in [3.63, 3.8) is 0 Å². The van der Waals surface area contributed by atoms with E-state index in [1.54, 1.807) is 30.3 Å². The highest BCUT2D eigenvalue weighted by molar-refractivity contribution is 7.89. The highest BCUT2D eigenvalue weighted by Gasteiger charge is 2.13. The Bertz CT molecular complexity index is 1210. The van der Waals surface area contributed by atoms with Crippen LogP contribution in [0.2, 0.25) is 0 Å². The highest BCUT2D eigenvalue weighted by Crippen LogP contribution is 2.24. The van der Waals surface area contributed by atoms with Crippen LogP contribution in [-0.4, -0.2) is 47.6 Å². The normalized spacial score (nSPS) is 14.7. The topological polar surface area (TPSA) is 88.9 Å². The number of morpholine rings is 1. The Kier molecular flexibility index (Phi) is 6.55. The number of nitrogens with one attached hydrogen (secondary N) is 1. The average Bonchev–Trinajstić information content (AvgIpc) is 3.32. The first-order chi connectivity index (χ1) is 15.5. The van der Waals surface area contributed by atoms with Crippen molar-refractivity contribution in [3.05, 3.63) is 78.1 Å². The van der Waals surface area contributed by atoms with Crippen molar-refractivity contribution in [1.82, 2.24) is 4.72 Å². The molecule has 1 N–H and O–H groups in total. The minimum absolute atomic E-state index is 0.113. The molecule has 4 rings (SSSR count). The fraction of sp³-hybridized carbons (Fsp3) is 0.208. The van der Waals surface area contributed by atoms with E-state index in [-0.39, 0.29) is 10.7 Å². The first-order valence-corrected chi connectivity index (χ1v) is 11.7. The lowest BCUT2D eigenvalue weighted by Crippen LogP contribution is -2.36. The van der Waals surface area contributed by atoms with Crippen molar-refractivity contribution in [2.45, 2.75) is 4.90 Å². The number of furan rings is 1. The molecule has 8 heteroatoms. The third-order valence-corrected chi connectivity index (χ3v) is 6.70. The number of hydrogen-bond acceptors (Lipinski definition) is 6. The van der Waals surface area contributed by atoms with E-state index in [9.17, 15) is 13.2 Å². The maximum absolute atomic E-state index is 12.5. The van der Waals surface area contributed by atoms with E-state index in [0.29, 0.717) is 30.3 Å². The van der Waals surface area contributed by atoms with Crippen LogP contribution in [0.5, 0.6) is 0 Å². The van der Waals surface area contributed by atoms with Crippen LogP contribution < -0.4 is 9.62 Å². The Morgan fingerprint density at radius 3 is 2.31 bits per heavy atom. The Hall–Kier alpha value is -3.20. The van der Waals surface area contributed by atoms with E-state index in [0.717, 1.165) is 24.3 Å². The molecule has 1 aliphatic rings. The second-order valence-electron chi connectivity index (χ2n) is 7.28. The van der Waals surface area contributed by atoms with Crippen molar-refractivity contribution in [2.24, 2.45) is 0 Å². The zero-order valence-electron chi connectivity index (χ0n) is 17.7. The first-order valence-electron chi connectivity index (χ1n) is 10.3. The predicted octanol–water partition coefficient (Wildman–Crippen LogP) is 3.59. The molecular weight excluding hydrogens is 428 g/mol. The van der Waals surface area contributed by atoms with Gasteiger partial charge in [0.25, 0.3) is 0 Å². The Balaban J connectivity index is 1.41. The number of benzene rings is 2. The lowest BCUT2D eigenvalue weighted by molar-refractivity contribution is 0.104. The number of sulfonamides is 1. The third kappa shape index (κ3) is 4.99. The van der Waals surface area contributed by atoms with Crippen LogP contribution in [0.3, 0.4) is 0 Å². The molecule has 0 unspecified atom stereocenters. The number of allylic oxidation sites excluding steroid dienone is 1. The van der Waals surface area contributed by atoms with Gasteiger partial charge >= 0.3 is 0 Å². The SMILES string of the molecule is CNS(=O)(=O)c1ccc(-c2ccc(C=CC(=O)c3ccc(N4CCOCC4)cc3)o2)cc1. The molecule has 1 aliphatic heterocycles. The van der Waals surface area contributed by atoms with Gasteiger partial charge in [-0.05, 0) is 79.9 Å². The zero-order valence-corrected chi connectivity index (χ0v) is 18.5. The van der Waals surface area contributed by atoms with Crippen molar-refractivity contribution in [3.8, 4) is 11.3 Å². The second-order valence-corrected chi connectivity index (χ2v) is 9.16. The summed E-state index contributed by atoms with van der Waals surface area (Å²) in [6.45, 7) is 3.13. The van der Waals surface area contributed by atoms with E-state index < -0.39 is 10.0 Å². The fourth-order valence-electron chi connectivity index (χ4n) is 3.43. The van der Waals surface area contributed by atoms with Gasteiger partial charge in [-0.3, -0.25) is 4.79 Å². The summed E-state index contributed by atoms with van der Waals surface area (Å²) in [6, 6.07) is 17.5. The molecule has 1 saturated heterocycles. The Labute approximate surface area is 187 Å². The lowest BCUT2D eigenvalue weighted by Gasteiger charge is -2.28. The van der Waals surface area contributed by atoms with Crippen molar-refractivity contribution in [2.75, 3.05) is 38.3 Å². The molecule has 0 atom stereocenters. The van der Waals surface area contributed by atoms with Gasteiger partial charge in [0.1, 0.15) is 11.5 Å². The molecule has 0 aliphatic carbocycles. The molecule has 7 nitrogen and oxygen atoms in total. The summed E-state index contributed by atoms with van der Waals surface area (Å²) >= 11 is 0. The molecule has 1 aromatic heterocycles. The van der Waals surface area contributed by atoms with Crippen LogP contribution >= 0.6 is 0 Å². The van der Waals surface area contributed by atoms with E-state index in [4.69, 9.17) is 9.15 Å². The largest absolute Gasteiger partial charge is 0.457 e. The summed E-state index contributed by atoms with van der Waals surface area (Å²) in [5.41, 5.74) is 2.43. The molecule has 0 bridgehead atoms. The molecule has 0 amide bonds.